The van der Waals surface area contributed by atoms with Gasteiger partial charge in [-0.25, -0.2) is 9.97 Å². The molecule has 5 nitrogen and oxygen atoms in total. The molecule has 0 atom stereocenters. The zero-order valence-corrected chi connectivity index (χ0v) is 10.8. The number of fused-ring (bicyclic) bond motifs is 1. The van der Waals surface area contributed by atoms with Crippen molar-refractivity contribution in [1.29, 1.82) is 0 Å². The van der Waals surface area contributed by atoms with Crippen LogP contribution in [0.25, 0.3) is 16.8 Å². The Morgan fingerprint density at radius 2 is 2.16 bits per heavy atom. The molecule has 0 unspecified atom stereocenters. The second-order valence-electron chi connectivity index (χ2n) is 4.27. The van der Waals surface area contributed by atoms with Crippen LogP contribution in [0.2, 0.25) is 0 Å². The molecule has 3 rings (SSSR count). The Labute approximate surface area is 110 Å². The monoisotopic (exact) mass is 254 g/mol. The summed E-state index contributed by atoms with van der Waals surface area (Å²) in [6.07, 6.45) is 3.53. The molecule has 0 bridgehead atoms. The molecule has 3 aromatic rings. The quantitative estimate of drug-likeness (QED) is 0.762. The Kier molecular flexibility index (Phi) is 2.59. The van der Waals surface area contributed by atoms with Crippen LogP contribution in [0.15, 0.2) is 36.7 Å². The zero-order valence-electron chi connectivity index (χ0n) is 10.8. The maximum Gasteiger partial charge on any atom is 0.150 e. The highest BCUT2D eigenvalue weighted by molar-refractivity contribution is 5.85. The molecular formula is C14H14N4O. The lowest BCUT2D eigenvalue weighted by Crippen LogP contribution is -1.96. The van der Waals surface area contributed by atoms with E-state index in [1.807, 2.05) is 41.8 Å². The smallest absolute Gasteiger partial charge is 0.150 e. The van der Waals surface area contributed by atoms with Crippen molar-refractivity contribution in [2.24, 2.45) is 0 Å². The number of hydrogen-bond donors (Lipinski definition) is 1. The van der Waals surface area contributed by atoms with Crippen molar-refractivity contribution in [3.05, 3.63) is 42.5 Å². The number of benzene rings is 1. The normalized spacial score (nSPS) is 10.8. The number of nitrogens with zero attached hydrogens (tertiary/aromatic N) is 3. The molecule has 96 valence electrons. The molecule has 2 N–H and O–H groups in total. The minimum absolute atomic E-state index is 0.473. The number of imidazole rings is 1. The number of nitrogen functional groups attached to an aromatic ring is 1. The number of aromatic nitrogens is 3. The van der Waals surface area contributed by atoms with Crippen LogP contribution in [0.5, 0.6) is 5.75 Å². The SMILES string of the molecule is COc1cccc(-c2nc(C)n3ccnc(N)c23)c1. The number of anilines is 1. The van der Waals surface area contributed by atoms with Crippen LogP contribution >= 0.6 is 0 Å². The molecule has 0 aliphatic rings. The van der Waals surface area contributed by atoms with E-state index < -0.39 is 0 Å². The Hall–Kier alpha value is -2.56. The van der Waals surface area contributed by atoms with Gasteiger partial charge in [0.25, 0.3) is 0 Å². The topological polar surface area (TPSA) is 65.4 Å². The van der Waals surface area contributed by atoms with Crippen LogP contribution in [-0.4, -0.2) is 21.5 Å². The predicted octanol–water partition coefficient (Wildman–Crippen LogP) is 2.30. The molecule has 1 aromatic carbocycles. The maximum atomic E-state index is 5.98. The van der Waals surface area contributed by atoms with Gasteiger partial charge in [0, 0.05) is 18.0 Å². The van der Waals surface area contributed by atoms with Gasteiger partial charge >= 0.3 is 0 Å². The molecule has 5 heteroatoms. The van der Waals surface area contributed by atoms with E-state index in [0.717, 1.165) is 28.3 Å². The van der Waals surface area contributed by atoms with Gasteiger partial charge in [0.1, 0.15) is 28.6 Å². The number of aryl methyl sites for hydroxylation is 1. The molecule has 0 radical (unpaired) electrons. The third kappa shape index (κ3) is 1.79. The minimum atomic E-state index is 0.473. The van der Waals surface area contributed by atoms with Gasteiger partial charge in [-0.3, -0.25) is 4.40 Å². The molecule has 0 aliphatic carbocycles. The zero-order chi connectivity index (χ0) is 13.4. The van der Waals surface area contributed by atoms with Crippen molar-refractivity contribution < 1.29 is 4.74 Å². The number of hydrogen-bond acceptors (Lipinski definition) is 4. The van der Waals surface area contributed by atoms with Crippen LogP contribution in [0.1, 0.15) is 5.82 Å². The Balaban J connectivity index is 2.30. The predicted molar refractivity (Wildman–Crippen MR) is 74.1 cm³/mol. The van der Waals surface area contributed by atoms with Crippen molar-refractivity contribution in [1.82, 2.24) is 14.4 Å². The first-order valence-electron chi connectivity index (χ1n) is 5.94. The first kappa shape index (κ1) is 11.5. The Morgan fingerprint density at radius 1 is 1.32 bits per heavy atom. The van der Waals surface area contributed by atoms with Crippen LogP contribution in [0.3, 0.4) is 0 Å². The van der Waals surface area contributed by atoms with Crippen molar-refractivity contribution in [3.63, 3.8) is 0 Å². The maximum absolute atomic E-state index is 5.98. The minimum Gasteiger partial charge on any atom is -0.497 e. The highest BCUT2D eigenvalue weighted by Gasteiger charge is 2.13. The molecule has 0 amide bonds. The van der Waals surface area contributed by atoms with Crippen LogP contribution in [0, 0.1) is 6.92 Å². The summed E-state index contributed by atoms with van der Waals surface area (Å²) < 4.78 is 7.19. The van der Waals surface area contributed by atoms with Gasteiger partial charge in [-0.1, -0.05) is 12.1 Å². The number of nitrogens with two attached hydrogens (primary N) is 1. The summed E-state index contributed by atoms with van der Waals surface area (Å²) in [4.78, 5) is 8.72. The summed E-state index contributed by atoms with van der Waals surface area (Å²) in [5, 5.41) is 0. The summed E-state index contributed by atoms with van der Waals surface area (Å²) in [5.41, 5.74) is 8.59. The summed E-state index contributed by atoms with van der Waals surface area (Å²) in [6.45, 7) is 1.94. The first-order valence-corrected chi connectivity index (χ1v) is 5.94. The van der Waals surface area contributed by atoms with Crippen molar-refractivity contribution >= 4 is 11.3 Å². The number of ether oxygens (including phenoxy) is 1. The summed E-state index contributed by atoms with van der Waals surface area (Å²) >= 11 is 0. The lowest BCUT2D eigenvalue weighted by molar-refractivity contribution is 0.415. The molecule has 0 saturated heterocycles. The van der Waals surface area contributed by atoms with Crippen molar-refractivity contribution in [2.45, 2.75) is 6.92 Å². The first-order chi connectivity index (χ1) is 9.20. The molecule has 0 aliphatic heterocycles. The molecular weight excluding hydrogens is 240 g/mol. The van der Waals surface area contributed by atoms with E-state index in [9.17, 15) is 0 Å². The van der Waals surface area contributed by atoms with Crippen LogP contribution in [-0.2, 0) is 0 Å². The third-order valence-electron chi connectivity index (χ3n) is 3.10. The lowest BCUT2D eigenvalue weighted by atomic mass is 10.1. The average molecular weight is 254 g/mol. The van der Waals surface area contributed by atoms with Gasteiger partial charge in [-0.05, 0) is 19.1 Å². The molecule has 19 heavy (non-hydrogen) atoms. The third-order valence-corrected chi connectivity index (χ3v) is 3.10. The Bertz CT molecular complexity index is 748. The van der Waals surface area contributed by atoms with E-state index in [0.29, 0.717) is 5.82 Å². The summed E-state index contributed by atoms with van der Waals surface area (Å²) in [7, 11) is 1.64. The largest absolute Gasteiger partial charge is 0.497 e. The molecule has 0 fully saturated rings. The molecule has 0 spiro atoms. The van der Waals surface area contributed by atoms with Gasteiger partial charge in [-0.2, -0.15) is 0 Å². The van der Waals surface area contributed by atoms with Gasteiger partial charge in [0.15, 0.2) is 0 Å². The number of methoxy groups -OCH3 is 1. The van der Waals surface area contributed by atoms with E-state index in [1.165, 1.54) is 0 Å². The van der Waals surface area contributed by atoms with Crippen molar-refractivity contribution in [2.75, 3.05) is 12.8 Å². The van der Waals surface area contributed by atoms with E-state index in [4.69, 9.17) is 10.5 Å². The molecule has 2 heterocycles. The van der Waals surface area contributed by atoms with E-state index in [-0.39, 0.29) is 0 Å². The van der Waals surface area contributed by atoms with Gasteiger partial charge in [0.2, 0.25) is 0 Å². The fourth-order valence-electron chi connectivity index (χ4n) is 2.18. The van der Waals surface area contributed by atoms with Gasteiger partial charge < -0.3 is 10.5 Å². The summed E-state index contributed by atoms with van der Waals surface area (Å²) in [6, 6.07) is 7.75. The summed E-state index contributed by atoms with van der Waals surface area (Å²) in [5.74, 6) is 2.14. The van der Waals surface area contributed by atoms with Crippen LogP contribution in [0.4, 0.5) is 5.82 Å². The molecule has 0 saturated carbocycles. The van der Waals surface area contributed by atoms with Crippen molar-refractivity contribution in [3.8, 4) is 17.0 Å². The Morgan fingerprint density at radius 3 is 2.95 bits per heavy atom. The fraction of sp³-hybridized carbons (Fsp3) is 0.143. The van der Waals surface area contributed by atoms with Gasteiger partial charge in [0.05, 0.1) is 7.11 Å². The fourth-order valence-corrected chi connectivity index (χ4v) is 2.18. The standard InChI is InChI=1S/C14H14N4O/c1-9-17-12(10-4-3-5-11(8-10)19-2)13-14(15)16-6-7-18(9)13/h3-8H,1-2H3,(H2,15,16). The lowest BCUT2D eigenvalue weighted by Gasteiger charge is -2.04. The highest BCUT2D eigenvalue weighted by Crippen LogP contribution is 2.29. The number of rotatable bonds is 2. The second-order valence-corrected chi connectivity index (χ2v) is 4.27. The second kappa shape index (κ2) is 4.28. The van der Waals surface area contributed by atoms with E-state index in [2.05, 4.69) is 9.97 Å². The molecule has 2 aromatic heterocycles. The van der Waals surface area contributed by atoms with Gasteiger partial charge in [-0.15, -0.1) is 0 Å². The highest BCUT2D eigenvalue weighted by atomic mass is 16.5. The average Bonchev–Trinajstić information content (AvgIpc) is 2.78. The van der Waals surface area contributed by atoms with E-state index in [1.54, 1.807) is 13.3 Å². The van der Waals surface area contributed by atoms with E-state index >= 15 is 0 Å². The van der Waals surface area contributed by atoms with Crippen LogP contribution < -0.4 is 10.5 Å².